The van der Waals surface area contributed by atoms with Crippen LogP contribution in [0.4, 0.5) is 0 Å². The minimum absolute atomic E-state index is 0.388. The maximum absolute atomic E-state index is 10.4. The molecule has 2 aliphatic carbocycles. The van der Waals surface area contributed by atoms with Gasteiger partial charge in [-0.05, 0) is 51.6 Å². The molecule has 0 bridgehead atoms. The van der Waals surface area contributed by atoms with Gasteiger partial charge in [0.25, 0.3) is 0 Å². The fourth-order valence-corrected chi connectivity index (χ4v) is 4.46. The summed E-state index contributed by atoms with van der Waals surface area (Å²) in [4.78, 5) is 2.74. The van der Waals surface area contributed by atoms with Gasteiger partial charge in [0.15, 0.2) is 0 Å². The van der Waals surface area contributed by atoms with Crippen LogP contribution in [0.25, 0.3) is 0 Å². The van der Waals surface area contributed by atoms with E-state index in [1.807, 2.05) is 0 Å². The first-order chi connectivity index (χ1) is 9.75. The Bertz CT molecular complexity index is 287. The van der Waals surface area contributed by atoms with Crippen molar-refractivity contribution in [2.75, 3.05) is 19.6 Å². The quantitative estimate of drug-likeness (QED) is 0.831. The van der Waals surface area contributed by atoms with E-state index in [0.29, 0.717) is 6.04 Å². The van der Waals surface area contributed by atoms with Gasteiger partial charge in [-0.2, -0.15) is 0 Å². The van der Waals surface area contributed by atoms with Gasteiger partial charge in [0.2, 0.25) is 0 Å². The average molecular weight is 280 g/mol. The maximum Gasteiger partial charge on any atom is 0.0771 e. The second-order valence-electron chi connectivity index (χ2n) is 7.41. The number of likely N-dealkylation sites (tertiary alicyclic amines) is 1. The van der Waals surface area contributed by atoms with Crippen molar-refractivity contribution in [3.05, 3.63) is 0 Å². The summed E-state index contributed by atoms with van der Waals surface area (Å²) in [6.45, 7) is 3.35. The summed E-state index contributed by atoms with van der Waals surface area (Å²) >= 11 is 0. The number of hydrogen-bond acceptors (Lipinski definition) is 3. The van der Waals surface area contributed by atoms with Gasteiger partial charge in [-0.1, -0.05) is 32.1 Å². The van der Waals surface area contributed by atoms with E-state index >= 15 is 0 Å². The van der Waals surface area contributed by atoms with E-state index in [1.165, 1.54) is 70.9 Å². The molecule has 1 heterocycles. The van der Waals surface area contributed by atoms with Crippen LogP contribution in [0.1, 0.15) is 70.6 Å². The molecule has 0 atom stereocenters. The number of piperidine rings is 1. The Morgan fingerprint density at radius 2 is 1.55 bits per heavy atom. The van der Waals surface area contributed by atoms with Crippen molar-refractivity contribution in [3.8, 4) is 0 Å². The number of hydrogen-bond donors (Lipinski definition) is 2. The first-order valence-electron chi connectivity index (χ1n) is 8.95. The van der Waals surface area contributed by atoms with Crippen molar-refractivity contribution in [3.63, 3.8) is 0 Å². The topological polar surface area (TPSA) is 35.5 Å². The van der Waals surface area contributed by atoms with Gasteiger partial charge >= 0.3 is 0 Å². The predicted molar refractivity (Wildman–Crippen MR) is 82.9 cm³/mol. The lowest BCUT2D eigenvalue weighted by atomic mass is 9.92. The van der Waals surface area contributed by atoms with Crippen molar-refractivity contribution < 1.29 is 5.11 Å². The molecule has 3 heteroatoms. The van der Waals surface area contributed by atoms with Gasteiger partial charge in [0.05, 0.1) is 5.60 Å². The molecule has 20 heavy (non-hydrogen) atoms. The number of nitrogens with zero attached hydrogens (tertiary/aromatic N) is 1. The van der Waals surface area contributed by atoms with Crippen LogP contribution in [-0.2, 0) is 0 Å². The molecular formula is C17H32N2O. The molecule has 3 fully saturated rings. The molecule has 0 amide bonds. The Hall–Kier alpha value is -0.120. The Morgan fingerprint density at radius 3 is 2.20 bits per heavy atom. The third-order valence-electron chi connectivity index (χ3n) is 5.87. The molecule has 0 aromatic rings. The van der Waals surface area contributed by atoms with Crippen LogP contribution in [0.5, 0.6) is 0 Å². The van der Waals surface area contributed by atoms with Crippen molar-refractivity contribution in [1.82, 2.24) is 10.2 Å². The normalized spacial score (nSPS) is 29.9. The van der Waals surface area contributed by atoms with Gasteiger partial charge in [-0.3, -0.25) is 0 Å². The van der Waals surface area contributed by atoms with Gasteiger partial charge in [0.1, 0.15) is 0 Å². The second kappa shape index (κ2) is 6.76. The maximum atomic E-state index is 10.4. The largest absolute Gasteiger partial charge is 0.389 e. The summed E-state index contributed by atoms with van der Waals surface area (Å²) in [5.74, 6) is 0. The van der Waals surface area contributed by atoms with Gasteiger partial charge in [-0.15, -0.1) is 0 Å². The van der Waals surface area contributed by atoms with E-state index in [1.54, 1.807) is 0 Å². The third-order valence-corrected chi connectivity index (χ3v) is 5.87. The number of aliphatic hydroxyl groups is 1. The zero-order valence-corrected chi connectivity index (χ0v) is 12.9. The van der Waals surface area contributed by atoms with Crippen LogP contribution in [-0.4, -0.2) is 47.3 Å². The fraction of sp³-hybridized carbons (Fsp3) is 1.00. The molecule has 0 radical (unpaired) electrons. The van der Waals surface area contributed by atoms with Gasteiger partial charge < -0.3 is 15.3 Å². The van der Waals surface area contributed by atoms with Crippen molar-refractivity contribution in [2.24, 2.45) is 0 Å². The molecule has 0 unspecified atom stereocenters. The van der Waals surface area contributed by atoms with Crippen LogP contribution >= 0.6 is 0 Å². The Labute approximate surface area is 124 Å². The van der Waals surface area contributed by atoms with Crippen molar-refractivity contribution in [1.29, 1.82) is 0 Å². The lowest BCUT2D eigenvalue weighted by Crippen LogP contribution is -2.50. The lowest BCUT2D eigenvalue weighted by Gasteiger charge is -2.40. The molecule has 2 N–H and O–H groups in total. The molecule has 116 valence electrons. The van der Waals surface area contributed by atoms with E-state index in [0.717, 1.165) is 25.4 Å². The van der Waals surface area contributed by atoms with Crippen LogP contribution < -0.4 is 5.32 Å². The highest BCUT2D eigenvalue weighted by Crippen LogP contribution is 2.29. The molecule has 0 spiro atoms. The highest BCUT2D eigenvalue weighted by molar-refractivity contribution is 4.89. The molecule has 3 aliphatic rings. The van der Waals surface area contributed by atoms with Crippen LogP contribution in [0.2, 0.25) is 0 Å². The van der Waals surface area contributed by atoms with E-state index in [2.05, 4.69) is 10.2 Å². The van der Waals surface area contributed by atoms with Crippen LogP contribution in [0.15, 0.2) is 0 Å². The van der Waals surface area contributed by atoms with E-state index in [4.69, 9.17) is 0 Å². The summed E-state index contributed by atoms with van der Waals surface area (Å²) in [7, 11) is 0. The average Bonchev–Trinajstić information content (AvgIpc) is 2.94. The second-order valence-corrected chi connectivity index (χ2v) is 7.41. The zero-order chi connectivity index (χ0) is 13.8. The van der Waals surface area contributed by atoms with Gasteiger partial charge in [-0.25, -0.2) is 0 Å². The summed E-state index contributed by atoms with van der Waals surface area (Å²) in [5, 5.41) is 14.1. The summed E-state index contributed by atoms with van der Waals surface area (Å²) in [6.07, 6.45) is 14.1. The Morgan fingerprint density at radius 1 is 0.900 bits per heavy atom. The molecule has 2 saturated carbocycles. The third kappa shape index (κ3) is 3.75. The SMILES string of the molecule is OC1(CNC2CCN(C3CCCCC3)CC2)CCCC1. The Balaban J connectivity index is 1.37. The summed E-state index contributed by atoms with van der Waals surface area (Å²) in [6, 6.07) is 1.52. The van der Waals surface area contributed by atoms with Gasteiger partial charge in [0, 0.05) is 18.6 Å². The summed E-state index contributed by atoms with van der Waals surface area (Å²) in [5.41, 5.74) is -0.388. The van der Waals surface area contributed by atoms with Crippen molar-refractivity contribution in [2.45, 2.75) is 88.3 Å². The minimum atomic E-state index is -0.388. The summed E-state index contributed by atoms with van der Waals surface area (Å²) < 4.78 is 0. The highest BCUT2D eigenvalue weighted by Gasteiger charge is 2.32. The molecule has 1 aliphatic heterocycles. The zero-order valence-electron chi connectivity index (χ0n) is 12.9. The van der Waals surface area contributed by atoms with Crippen LogP contribution in [0, 0.1) is 0 Å². The smallest absolute Gasteiger partial charge is 0.0771 e. The number of rotatable bonds is 4. The van der Waals surface area contributed by atoms with Crippen molar-refractivity contribution >= 4 is 0 Å². The van der Waals surface area contributed by atoms with E-state index in [9.17, 15) is 5.11 Å². The first kappa shape index (κ1) is 14.8. The highest BCUT2D eigenvalue weighted by atomic mass is 16.3. The van der Waals surface area contributed by atoms with E-state index < -0.39 is 0 Å². The van der Waals surface area contributed by atoms with Crippen LogP contribution in [0.3, 0.4) is 0 Å². The molecular weight excluding hydrogens is 248 g/mol. The lowest BCUT2D eigenvalue weighted by molar-refractivity contribution is 0.0393. The standard InChI is InChI=1S/C17H32N2O/c20-17(10-4-5-11-17)14-18-15-8-12-19(13-9-15)16-6-2-1-3-7-16/h15-16,18,20H,1-14H2. The molecule has 3 rings (SSSR count). The fourth-order valence-electron chi connectivity index (χ4n) is 4.46. The minimum Gasteiger partial charge on any atom is -0.389 e. The molecule has 0 aromatic heterocycles. The molecule has 0 aromatic carbocycles. The predicted octanol–water partition coefficient (Wildman–Crippen LogP) is 2.68. The molecule has 1 saturated heterocycles. The monoisotopic (exact) mass is 280 g/mol. The Kier molecular flexibility index (Phi) is 5.00. The first-order valence-corrected chi connectivity index (χ1v) is 8.95. The molecule has 3 nitrogen and oxygen atoms in total. The number of nitrogens with one attached hydrogen (secondary N) is 1. The van der Waals surface area contributed by atoms with E-state index in [-0.39, 0.29) is 5.60 Å².